The van der Waals surface area contributed by atoms with E-state index in [1.54, 1.807) is 33.8 Å². The lowest BCUT2D eigenvalue weighted by molar-refractivity contribution is -0.309. The Labute approximate surface area is 173 Å². The van der Waals surface area contributed by atoms with E-state index < -0.39 is 36.0 Å². The van der Waals surface area contributed by atoms with E-state index in [-0.39, 0.29) is 29.2 Å². The molecule has 0 saturated heterocycles. The molecule has 30 heavy (non-hydrogen) atoms. The van der Waals surface area contributed by atoms with Crippen molar-refractivity contribution in [2.75, 3.05) is 6.54 Å². The molecule has 0 aliphatic heterocycles. The van der Waals surface area contributed by atoms with E-state index >= 15 is 0 Å². The van der Waals surface area contributed by atoms with Crippen molar-refractivity contribution in [2.45, 2.75) is 46.6 Å². The number of carbonyl (C=O) groups excluding carboxylic acids is 3. The van der Waals surface area contributed by atoms with Gasteiger partial charge in [0.25, 0.3) is 0 Å². The van der Waals surface area contributed by atoms with Gasteiger partial charge in [0.05, 0.1) is 30.5 Å². The zero-order valence-electron chi connectivity index (χ0n) is 17.3. The summed E-state index contributed by atoms with van der Waals surface area (Å²) in [4.78, 5) is 47.7. The normalized spacial score (nSPS) is 12.9. The topological polar surface area (TPSA) is 149 Å². The molecule has 3 N–H and O–H groups in total. The van der Waals surface area contributed by atoms with Gasteiger partial charge in [-0.2, -0.15) is 0 Å². The zero-order valence-corrected chi connectivity index (χ0v) is 17.3. The number of benzene rings is 1. The number of aryl methyl sites for hydroxylation is 2. The number of carboxylic acids is 1. The van der Waals surface area contributed by atoms with E-state index in [4.69, 9.17) is 4.42 Å². The molecule has 9 heteroatoms. The average molecular weight is 417 g/mol. The van der Waals surface area contributed by atoms with E-state index in [1.165, 1.54) is 6.07 Å². The largest absolute Gasteiger partial charge is 0.548 e. The second-order valence-electron chi connectivity index (χ2n) is 7.28. The number of nitrogens with one attached hydrogen (secondary N) is 2. The van der Waals surface area contributed by atoms with Crippen LogP contribution < -0.4 is 21.4 Å². The average Bonchev–Trinajstić information content (AvgIpc) is 2.70. The van der Waals surface area contributed by atoms with Crippen LogP contribution in [0.3, 0.4) is 0 Å². The molecule has 0 saturated carbocycles. The van der Waals surface area contributed by atoms with Crippen LogP contribution in [0.2, 0.25) is 0 Å². The van der Waals surface area contributed by atoms with E-state index in [1.807, 2.05) is 0 Å². The number of phenolic OH excluding ortho intramolecular Hbond substituents is 1. The number of fused-ring (bicyclic) bond motifs is 1. The van der Waals surface area contributed by atoms with Crippen LogP contribution in [0.4, 0.5) is 0 Å². The van der Waals surface area contributed by atoms with Crippen molar-refractivity contribution in [1.29, 1.82) is 0 Å². The molecule has 0 radical (unpaired) electrons. The predicted octanol–water partition coefficient (Wildman–Crippen LogP) is 0.0549. The van der Waals surface area contributed by atoms with Gasteiger partial charge in [-0.15, -0.1) is 0 Å². The summed E-state index contributed by atoms with van der Waals surface area (Å²) in [7, 11) is 0. The van der Waals surface area contributed by atoms with Gasteiger partial charge in [0, 0.05) is 10.9 Å². The SMILES string of the molecule is CC[C@@H](C)[C@H](NC(=O)CNC(=O)Cc1c(C)c2ccc(O)c(C)c2oc1=O)C(=O)[O-]. The molecular formula is C21H25N2O7-. The fourth-order valence-corrected chi connectivity index (χ4v) is 3.08. The second-order valence-corrected chi connectivity index (χ2v) is 7.28. The van der Waals surface area contributed by atoms with Crippen LogP contribution >= 0.6 is 0 Å². The summed E-state index contributed by atoms with van der Waals surface area (Å²) in [6.45, 7) is 6.30. The highest BCUT2D eigenvalue weighted by Gasteiger charge is 2.21. The summed E-state index contributed by atoms with van der Waals surface area (Å²) in [5.74, 6) is -3.00. The highest BCUT2D eigenvalue weighted by atomic mass is 16.4. The molecular weight excluding hydrogens is 392 g/mol. The van der Waals surface area contributed by atoms with E-state index in [9.17, 15) is 29.4 Å². The summed E-state index contributed by atoms with van der Waals surface area (Å²) in [5, 5.41) is 26.2. The van der Waals surface area contributed by atoms with Gasteiger partial charge in [-0.3, -0.25) is 9.59 Å². The summed E-state index contributed by atoms with van der Waals surface area (Å²) in [5.41, 5.74) is 0.640. The fraction of sp³-hybridized carbons (Fsp3) is 0.429. The third-order valence-electron chi connectivity index (χ3n) is 5.24. The lowest BCUT2D eigenvalue weighted by atomic mass is 9.99. The summed E-state index contributed by atoms with van der Waals surface area (Å²) in [6.07, 6.45) is 0.214. The fourth-order valence-electron chi connectivity index (χ4n) is 3.08. The van der Waals surface area contributed by atoms with Crippen LogP contribution in [-0.2, 0) is 20.8 Å². The van der Waals surface area contributed by atoms with Gasteiger partial charge in [-0.1, -0.05) is 20.3 Å². The highest BCUT2D eigenvalue weighted by Crippen LogP contribution is 2.28. The molecule has 9 nitrogen and oxygen atoms in total. The van der Waals surface area contributed by atoms with Gasteiger partial charge in [0.15, 0.2) is 0 Å². The Kier molecular flexibility index (Phi) is 7.20. The van der Waals surface area contributed by atoms with E-state index in [0.29, 0.717) is 22.9 Å². The molecule has 1 aromatic heterocycles. The maximum absolute atomic E-state index is 12.3. The Morgan fingerprint density at radius 1 is 1.17 bits per heavy atom. The lowest BCUT2D eigenvalue weighted by Crippen LogP contribution is -2.53. The van der Waals surface area contributed by atoms with Crippen LogP contribution in [0.5, 0.6) is 5.75 Å². The van der Waals surface area contributed by atoms with Crippen LogP contribution in [0.25, 0.3) is 11.0 Å². The number of phenols is 1. The Morgan fingerprint density at radius 2 is 1.83 bits per heavy atom. The van der Waals surface area contributed by atoms with Crippen LogP contribution in [0, 0.1) is 19.8 Å². The molecule has 1 heterocycles. The summed E-state index contributed by atoms with van der Waals surface area (Å²) >= 11 is 0. The standard InChI is InChI=1S/C21H26N2O7/c1-5-10(2)18(20(27)28)23-17(26)9-22-16(25)8-14-11(3)13-6-7-15(24)12(4)19(13)30-21(14)29/h6-7,10,18,24H,5,8-9H2,1-4H3,(H,22,25)(H,23,26)(H,27,28)/p-1/t10-,18+/m1/s1. The first-order chi connectivity index (χ1) is 14.1. The number of aliphatic carboxylic acids is 1. The third kappa shape index (κ3) is 4.97. The predicted molar refractivity (Wildman–Crippen MR) is 107 cm³/mol. The molecule has 162 valence electrons. The van der Waals surface area contributed by atoms with Crippen LogP contribution in [0.1, 0.15) is 37.0 Å². The minimum Gasteiger partial charge on any atom is -0.548 e. The van der Waals surface area contributed by atoms with Gasteiger partial charge in [-0.25, -0.2) is 4.79 Å². The van der Waals surface area contributed by atoms with Crippen molar-refractivity contribution in [2.24, 2.45) is 5.92 Å². The smallest absolute Gasteiger partial charge is 0.340 e. The molecule has 0 spiro atoms. The first-order valence-electron chi connectivity index (χ1n) is 9.58. The number of hydrogen-bond donors (Lipinski definition) is 3. The van der Waals surface area contributed by atoms with Crippen molar-refractivity contribution >= 4 is 28.8 Å². The molecule has 0 fully saturated rings. The van der Waals surface area contributed by atoms with Gasteiger partial charge < -0.3 is 30.1 Å². The van der Waals surface area contributed by atoms with Crippen LogP contribution in [-0.4, -0.2) is 35.5 Å². The minimum absolute atomic E-state index is 0.00573. The quantitative estimate of drug-likeness (QED) is 0.514. The molecule has 2 amide bonds. The van der Waals surface area contributed by atoms with Crippen molar-refractivity contribution in [3.05, 3.63) is 39.2 Å². The van der Waals surface area contributed by atoms with Crippen LogP contribution in [0.15, 0.2) is 21.3 Å². The highest BCUT2D eigenvalue weighted by molar-refractivity contribution is 5.90. The number of carbonyl (C=O) groups is 3. The molecule has 2 atom stereocenters. The van der Waals surface area contributed by atoms with Gasteiger partial charge >= 0.3 is 5.63 Å². The molecule has 2 rings (SSSR count). The van der Waals surface area contributed by atoms with Gasteiger partial charge in [0.2, 0.25) is 11.8 Å². The zero-order chi connectivity index (χ0) is 22.6. The van der Waals surface area contributed by atoms with Crippen molar-refractivity contribution < 1.29 is 29.0 Å². The number of aromatic hydroxyl groups is 1. The number of hydrogen-bond acceptors (Lipinski definition) is 7. The molecule has 0 aliphatic rings. The minimum atomic E-state index is -1.39. The number of rotatable bonds is 8. The summed E-state index contributed by atoms with van der Waals surface area (Å²) in [6, 6.07) is 1.91. The second kappa shape index (κ2) is 9.43. The maximum atomic E-state index is 12.3. The van der Waals surface area contributed by atoms with E-state index in [2.05, 4.69) is 10.6 Å². The third-order valence-corrected chi connectivity index (χ3v) is 5.24. The lowest BCUT2D eigenvalue weighted by Gasteiger charge is -2.25. The van der Waals surface area contributed by atoms with Crippen molar-refractivity contribution in [3.8, 4) is 5.75 Å². The first kappa shape index (κ1) is 22.9. The van der Waals surface area contributed by atoms with E-state index in [0.717, 1.165) is 0 Å². The number of carboxylic acid groups (broad SMARTS) is 1. The molecule has 2 aromatic rings. The monoisotopic (exact) mass is 417 g/mol. The van der Waals surface area contributed by atoms with Crippen molar-refractivity contribution in [1.82, 2.24) is 10.6 Å². The Bertz CT molecular complexity index is 1040. The molecule has 1 aromatic carbocycles. The Morgan fingerprint density at radius 3 is 2.43 bits per heavy atom. The number of amides is 2. The van der Waals surface area contributed by atoms with Gasteiger partial charge in [-0.05, 0) is 37.5 Å². The van der Waals surface area contributed by atoms with Gasteiger partial charge in [0.1, 0.15) is 11.3 Å². The maximum Gasteiger partial charge on any atom is 0.340 e. The molecule has 0 unspecified atom stereocenters. The summed E-state index contributed by atoms with van der Waals surface area (Å²) < 4.78 is 5.28. The Hall–Kier alpha value is -3.36. The Balaban J connectivity index is 2.09. The molecule has 0 aliphatic carbocycles. The molecule has 0 bridgehead atoms. The van der Waals surface area contributed by atoms with Crippen molar-refractivity contribution in [3.63, 3.8) is 0 Å². The first-order valence-corrected chi connectivity index (χ1v) is 9.58.